The zero-order chi connectivity index (χ0) is 14.4. The van der Waals surface area contributed by atoms with E-state index < -0.39 is 0 Å². The van der Waals surface area contributed by atoms with Gasteiger partial charge in [-0.05, 0) is 12.1 Å². The van der Waals surface area contributed by atoms with Crippen LogP contribution < -0.4 is 0 Å². The number of aliphatic hydroxyl groups excluding tert-OH is 1. The van der Waals surface area contributed by atoms with E-state index in [9.17, 15) is 4.79 Å². The van der Waals surface area contributed by atoms with E-state index in [1.54, 1.807) is 30.9 Å². The molecule has 20 heavy (non-hydrogen) atoms. The Morgan fingerprint density at radius 2 is 2.40 bits per heavy atom. The molecule has 0 unspecified atom stereocenters. The minimum atomic E-state index is -0.217. The Hall–Kier alpha value is -1.70. The molecule has 0 aliphatic carbocycles. The normalized spacial score (nSPS) is 10.7. The number of aromatic nitrogens is 1. The topological polar surface area (TPSA) is 75.8 Å². The van der Waals surface area contributed by atoms with Gasteiger partial charge in [0.15, 0.2) is 10.8 Å². The first kappa shape index (κ1) is 14.7. The monoisotopic (exact) mass is 296 g/mol. The molecule has 1 amide bonds. The second-order valence-electron chi connectivity index (χ2n) is 4.02. The van der Waals surface area contributed by atoms with Gasteiger partial charge in [0, 0.05) is 25.6 Å². The molecule has 108 valence electrons. The molecule has 0 saturated heterocycles. The summed E-state index contributed by atoms with van der Waals surface area (Å²) in [6.07, 6.45) is 1.56. The fourth-order valence-corrected chi connectivity index (χ4v) is 2.44. The van der Waals surface area contributed by atoms with E-state index in [2.05, 4.69) is 4.98 Å². The second kappa shape index (κ2) is 7.18. The number of furan rings is 1. The number of thiazole rings is 1. The van der Waals surface area contributed by atoms with Gasteiger partial charge in [-0.1, -0.05) is 0 Å². The van der Waals surface area contributed by atoms with Crippen molar-refractivity contribution < 1.29 is 19.1 Å². The van der Waals surface area contributed by atoms with E-state index in [4.69, 9.17) is 14.3 Å². The van der Waals surface area contributed by atoms with Crippen molar-refractivity contribution in [2.75, 3.05) is 33.4 Å². The fourth-order valence-electron chi connectivity index (χ4n) is 1.68. The zero-order valence-electron chi connectivity index (χ0n) is 11.1. The molecule has 0 radical (unpaired) electrons. The van der Waals surface area contributed by atoms with Gasteiger partial charge in [-0.3, -0.25) is 4.79 Å². The van der Waals surface area contributed by atoms with Crippen molar-refractivity contribution in [3.8, 4) is 10.8 Å². The zero-order valence-corrected chi connectivity index (χ0v) is 11.9. The van der Waals surface area contributed by atoms with Gasteiger partial charge in [0.2, 0.25) is 0 Å². The summed E-state index contributed by atoms with van der Waals surface area (Å²) in [5.41, 5.74) is 0.353. The fraction of sp³-hybridized carbons (Fsp3) is 0.385. The molecule has 2 rings (SSSR count). The van der Waals surface area contributed by atoms with Crippen LogP contribution >= 0.6 is 11.3 Å². The number of methoxy groups -OCH3 is 1. The van der Waals surface area contributed by atoms with Crippen LogP contribution in [0.3, 0.4) is 0 Å². The SMILES string of the molecule is COCCN(CCO)C(=O)c1csc(-c2ccco2)n1. The highest BCUT2D eigenvalue weighted by Crippen LogP contribution is 2.24. The summed E-state index contributed by atoms with van der Waals surface area (Å²) in [5, 5.41) is 11.4. The summed E-state index contributed by atoms with van der Waals surface area (Å²) >= 11 is 1.35. The van der Waals surface area contributed by atoms with E-state index in [1.807, 2.05) is 0 Å². The van der Waals surface area contributed by atoms with Gasteiger partial charge in [-0.25, -0.2) is 4.98 Å². The molecule has 2 aromatic rings. The molecule has 2 heterocycles. The van der Waals surface area contributed by atoms with E-state index in [0.29, 0.717) is 29.6 Å². The molecule has 0 aliphatic heterocycles. The van der Waals surface area contributed by atoms with Gasteiger partial charge in [-0.2, -0.15) is 0 Å². The lowest BCUT2D eigenvalue weighted by molar-refractivity contribution is 0.0651. The summed E-state index contributed by atoms with van der Waals surface area (Å²) in [6, 6.07) is 3.57. The molecule has 0 fully saturated rings. The maximum absolute atomic E-state index is 12.3. The number of amides is 1. The Morgan fingerprint density at radius 1 is 1.55 bits per heavy atom. The number of nitrogens with zero attached hydrogens (tertiary/aromatic N) is 2. The Kier molecular flexibility index (Phi) is 5.28. The van der Waals surface area contributed by atoms with Gasteiger partial charge in [0.25, 0.3) is 5.91 Å². The van der Waals surface area contributed by atoms with Crippen LogP contribution in [0.15, 0.2) is 28.2 Å². The predicted molar refractivity (Wildman–Crippen MR) is 74.7 cm³/mol. The molecular formula is C13H16N2O4S. The summed E-state index contributed by atoms with van der Waals surface area (Å²) in [5.74, 6) is 0.421. The molecule has 0 bridgehead atoms. The molecule has 0 aliphatic rings. The lowest BCUT2D eigenvalue weighted by atomic mass is 10.3. The number of aliphatic hydroxyl groups is 1. The Morgan fingerprint density at radius 3 is 3.05 bits per heavy atom. The van der Waals surface area contributed by atoms with Crippen molar-refractivity contribution in [2.24, 2.45) is 0 Å². The number of hydrogen-bond acceptors (Lipinski definition) is 6. The Balaban J connectivity index is 2.10. The van der Waals surface area contributed by atoms with Crippen LogP contribution in [-0.2, 0) is 4.74 Å². The predicted octanol–water partition coefficient (Wildman–Crippen LogP) is 1.48. The quantitative estimate of drug-likeness (QED) is 0.837. The number of rotatable bonds is 7. The molecule has 0 spiro atoms. The molecule has 0 saturated carbocycles. The van der Waals surface area contributed by atoms with Gasteiger partial charge in [-0.15, -0.1) is 11.3 Å². The van der Waals surface area contributed by atoms with Crippen LogP contribution in [0.4, 0.5) is 0 Å². The van der Waals surface area contributed by atoms with Crippen LogP contribution in [0.25, 0.3) is 10.8 Å². The van der Waals surface area contributed by atoms with Crippen LogP contribution in [0.1, 0.15) is 10.5 Å². The summed E-state index contributed by atoms with van der Waals surface area (Å²) in [4.78, 5) is 18.1. The van der Waals surface area contributed by atoms with Gasteiger partial charge in [0.05, 0.1) is 19.5 Å². The van der Waals surface area contributed by atoms with Crippen molar-refractivity contribution >= 4 is 17.2 Å². The molecule has 1 N–H and O–H groups in total. The first-order chi connectivity index (χ1) is 9.76. The van der Waals surface area contributed by atoms with Crippen LogP contribution in [0, 0.1) is 0 Å². The van der Waals surface area contributed by atoms with Crippen LogP contribution in [0.5, 0.6) is 0 Å². The first-order valence-corrected chi connectivity index (χ1v) is 7.02. The number of ether oxygens (including phenoxy) is 1. The summed E-state index contributed by atoms with van der Waals surface area (Å²) < 4.78 is 10.2. The standard InChI is InChI=1S/C13H16N2O4S/c1-18-8-5-15(4-6-16)13(17)10-9-20-12(14-10)11-3-2-7-19-11/h2-3,7,9,16H,4-6,8H2,1H3. The highest BCUT2D eigenvalue weighted by molar-refractivity contribution is 7.13. The van der Waals surface area contributed by atoms with Gasteiger partial charge < -0.3 is 19.2 Å². The highest BCUT2D eigenvalue weighted by Gasteiger charge is 2.19. The average molecular weight is 296 g/mol. The molecule has 7 heteroatoms. The summed E-state index contributed by atoms with van der Waals surface area (Å²) in [7, 11) is 1.57. The van der Waals surface area contributed by atoms with Crippen LogP contribution in [0.2, 0.25) is 0 Å². The van der Waals surface area contributed by atoms with Gasteiger partial charge in [0.1, 0.15) is 5.69 Å². The highest BCUT2D eigenvalue weighted by atomic mass is 32.1. The number of carbonyl (C=O) groups excluding carboxylic acids is 1. The average Bonchev–Trinajstić information content (AvgIpc) is 3.12. The van der Waals surface area contributed by atoms with E-state index in [0.717, 1.165) is 0 Å². The number of hydrogen-bond donors (Lipinski definition) is 1. The van der Waals surface area contributed by atoms with Crippen molar-refractivity contribution in [2.45, 2.75) is 0 Å². The summed E-state index contributed by atoms with van der Waals surface area (Å²) in [6.45, 7) is 1.00. The molecule has 0 atom stereocenters. The Bertz CT molecular complexity index is 538. The van der Waals surface area contributed by atoms with E-state index in [-0.39, 0.29) is 19.1 Å². The first-order valence-electron chi connectivity index (χ1n) is 6.14. The Labute approximate surface area is 120 Å². The van der Waals surface area contributed by atoms with Crippen molar-refractivity contribution in [1.82, 2.24) is 9.88 Å². The third-order valence-corrected chi connectivity index (χ3v) is 3.53. The molecule has 6 nitrogen and oxygen atoms in total. The third kappa shape index (κ3) is 3.44. The maximum Gasteiger partial charge on any atom is 0.273 e. The minimum Gasteiger partial charge on any atom is -0.462 e. The molecule has 0 aromatic carbocycles. The largest absolute Gasteiger partial charge is 0.462 e. The molecule has 2 aromatic heterocycles. The van der Waals surface area contributed by atoms with Crippen molar-refractivity contribution in [1.29, 1.82) is 0 Å². The van der Waals surface area contributed by atoms with Crippen molar-refractivity contribution in [3.63, 3.8) is 0 Å². The third-order valence-electron chi connectivity index (χ3n) is 2.68. The number of carbonyl (C=O) groups is 1. The van der Waals surface area contributed by atoms with Gasteiger partial charge >= 0.3 is 0 Å². The van der Waals surface area contributed by atoms with Crippen LogP contribution in [-0.4, -0.2) is 54.3 Å². The van der Waals surface area contributed by atoms with E-state index >= 15 is 0 Å². The second-order valence-corrected chi connectivity index (χ2v) is 4.88. The smallest absolute Gasteiger partial charge is 0.273 e. The van der Waals surface area contributed by atoms with Crippen molar-refractivity contribution in [3.05, 3.63) is 29.5 Å². The minimum absolute atomic E-state index is 0.0926. The molecular weight excluding hydrogens is 280 g/mol. The lowest BCUT2D eigenvalue weighted by Gasteiger charge is -2.20. The van der Waals surface area contributed by atoms with E-state index in [1.165, 1.54) is 16.2 Å². The lowest BCUT2D eigenvalue weighted by Crippen LogP contribution is -2.36. The maximum atomic E-state index is 12.3.